The Morgan fingerprint density at radius 1 is 1.14 bits per heavy atom. The minimum atomic E-state index is -2.86. The highest BCUT2D eigenvalue weighted by atomic mass is 79.9. The van der Waals surface area contributed by atoms with Gasteiger partial charge in [-0.15, -0.1) is 0 Å². The zero-order chi connectivity index (χ0) is 15.2. The number of hydrogen-bond donors (Lipinski definition) is 1. The van der Waals surface area contributed by atoms with Crippen LogP contribution in [0.4, 0.5) is 14.5 Å². The highest BCUT2D eigenvalue weighted by molar-refractivity contribution is 9.10. The van der Waals surface area contributed by atoms with Gasteiger partial charge in [0.2, 0.25) is 0 Å². The number of nitrogens with one attached hydrogen (secondary N) is 1. The lowest BCUT2D eigenvalue weighted by Gasteiger charge is -2.14. The second-order valence-corrected chi connectivity index (χ2v) is 5.08. The molecule has 0 aliphatic heterocycles. The number of nitriles is 1. The van der Waals surface area contributed by atoms with E-state index in [2.05, 4.69) is 32.1 Å². The van der Waals surface area contributed by atoms with E-state index in [9.17, 15) is 14.0 Å². The van der Waals surface area contributed by atoms with Crippen molar-refractivity contribution in [3.63, 3.8) is 0 Å². The van der Waals surface area contributed by atoms with Gasteiger partial charge in [-0.25, -0.2) is 0 Å². The van der Waals surface area contributed by atoms with Crippen molar-refractivity contribution >= 4 is 21.6 Å². The topological polar surface area (TPSA) is 45.0 Å². The van der Waals surface area contributed by atoms with E-state index in [1.165, 1.54) is 12.1 Å². The molecule has 0 saturated heterocycles. The van der Waals surface area contributed by atoms with E-state index >= 15 is 0 Å². The van der Waals surface area contributed by atoms with Crippen molar-refractivity contribution in [2.45, 2.75) is 12.7 Å². The molecule has 0 aromatic heterocycles. The summed E-state index contributed by atoms with van der Waals surface area (Å²) in [5.74, 6) is 0.0629. The van der Waals surface area contributed by atoms with Gasteiger partial charge in [-0.05, 0) is 35.9 Å². The number of hydrogen-bond acceptors (Lipinski definition) is 3. The molecule has 2 rings (SSSR count). The average Bonchev–Trinajstić information content (AvgIpc) is 2.45. The lowest BCUT2D eigenvalue weighted by atomic mass is 10.1. The summed E-state index contributed by atoms with van der Waals surface area (Å²) < 4.78 is 29.3. The first-order chi connectivity index (χ1) is 10.1. The fourth-order valence-electron chi connectivity index (χ4n) is 1.78. The summed E-state index contributed by atoms with van der Waals surface area (Å²) >= 11 is 3.35. The molecular weight excluding hydrogens is 342 g/mol. The largest absolute Gasteiger partial charge is 0.435 e. The maximum Gasteiger partial charge on any atom is 0.387 e. The van der Waals surface area contributed by atoms with Crippen LogP contribution in [-0.2, 0) is 0 Å². The zero-order valence-corrected chi connectivity index (χ0v) is 12.3. The Labute approximate surface area is 129 Å². The standard InChI is InChI=1S/C15H11BrF2N2O/c16-11-2-1-3-12(8-11)20-14(9-19)10-4-6-13(7-5-10)21-15(17)18/h1-8,14-15,20H. The van der Waals surface area contributed by atoms with E-state index in [1.807, 2.05) is 24.3 Å². The van der Waals surface area contributed by atoms with Crippen LogP contribution < -0.4 is 10.1 Å². The molecule has 0 radical (unpaired) electrons. The summed E-state index contributed by atoms with van der Waals surface area (Å²) in [5.41, 5.74) is 1.45. The summed E-state index contributed by atoms with van der Waals surface area (Å²) in [6, 6.07) is 14.9. The molecule has 2 aromatic rings. The minimum absolute atomic E-state index is 0.0629. The van der Waals surface area contributed by atoms with Crippen molar-refractivity contribution in [1.29, 1.82) is 5.26 Å². The van der Waals surface area contributed by atoms with E-state index < -0.39 is 12.7 Å². The lowest BCUT2D eigenvalue weighted by molar-refractivity contribution is -0.0498. The van der Waals surface area contributed by atoms with Crippen LogP contribution in [-0.4, -0.2) is 6.61 Å². The van der Waals surface area contributed by atoms with Crippen LogP contribution in [0.2, 0.25) is 0 Å². The Morgan fingerprint density at radius 3 is 2.43 bits per heavy atom. The third-order valence-electron chi connectivity index (χ3n) is 2.70. The van der Waals surface area contributed by atoms with Crippen LogP contribution in [0.3, 0.4) is 0 Å². The molecule has 0 bridgehead atoms. The van der Waals surface area contributed by atoms with Gasteiger partial charge in [-0.1, -0.05) is 34.1 Å². The van der Waals surface area contributed by atoms with Crippen LogP contribution in [0.25, 0.3) is 0 Å². The molecule has 21 heavy (non-hydrogen) atoms. The SMILES string of the molecule is N#CC(Nc1cccc(Br)c1)c1ccc(OC(F)F)cc1. The smallest absolute Gasteiger partial charge is 0.387 e. The van der Waals surface area contributed by atoms with Gasteiger partial charge in [-0.3, -0.25) is 0 Å². The zero-order valence-electron chi connectivity index (χ0n) is 10.8. The summed E-state index contributed by atoms with van der Waals surface area (Å²) in [7, 11) is 0. The summed E-state index contributed by atoms with van der Waals surface area (Å²) in [6.07, 6.45) is 0. The molecule has 0 fully saturated rings. The molecule has 1 atom stereocenters. The number of anilines is 1. The third-order valence-corrected chi connectivity index (χ3v) is 3.20. The Balaban J connectivity index is 2.12. The first kappa shape index (κ1) is 15.3. The molecule has 0 heterocycles. The lowest BCUT2D eigenvalue weighted by Crippen LogP contribution is -2.08. The molecule has 1 unspecified atom stereocenters. The van der Waals surface area contributed by atoms with Crippen molar-refractivity contribution in [3.05, 3.63) is 58.6 Å². The quantitative estimate of drug-likeness (QED) is 0.846. The molecule has 108 valence electrons. The predicted molar refractivity (Wildman–Crippen MR) is 79.2 cm³/mol. The van der Waals surface area contributed by atoms with Gasteiger partial charge in [0.15, 0.2) is 0 Å². The Bertz CT molecular complexity index is 641. The van der Waals surface area contributed by atoms with Crippen molar-refractivity contribution in [3.8, 4) is 11.8 Å². The van der Waals surface area contributed by atoms with Crippen LogP contribution in [0, 0.1) is 11.3 Å². The molecule has 0 spiro atoms. The Morgan fingerprint density at radius 2 is 1.86 bits per heavy atom. The first-order valence-corrected chi connectivity index (χ1v) is 6.84. The number of halogens is 3. The monoisotopic (exact) mass is 352 g/mol. The molecule has 2 aromatic carbocycles. The summed E-state index contributed by atoms with van der Waals surface area (Å²) in [5, 5.41) is 12.3. The molecule has 3 nitrogen and oxygen atoms in total. The van der Waals surface area contributed by atoms with Crippen molar-refractivity contribution in [2.24, 2.45) is 0 Å². The van der Waals surface area contributed by atoms with Gasteiger partial charge in [-0.2, -0.15) is 14.0 Å². The third kappa shape index (κ3) is 4.43. The van der Waals surface area contributed by atoms with Gasteiger partial charge in [0.1, 0.15) is 11.8 Å². The Hall–Kier alpha value is -2.13. The predicted octanol–water partition coefficient (Wildman–Crippen LogP) is 4.73. The van der Waals surface area contributed by atoms with Crippen LogP contribution in [0.1, 0.15) is 11.6 Å². The van der Waals surface area contributed by atoms with E-state index in [-0.39, 0.29) is 5.75 Å². The minimum Gasteiger partial charge on any atom is -0.435 e. The van der Waals surface area contributed by atoms with E-state index in [1.54, 1.807) is 12.1 Å². The first-order valence-electron chi connectivity index (χ1n) is 6.05. The van der Waals surface area contributed by atoms with E-state index in [4.69, 9.17) is 0 Å². The molecule has 6 heteroatoms. The van der Waals surface area contributed by atoms with Gasteiger partial charge in [0.25, 0.3) is 0 Å². The van der Waals surface area contributed by atoms with Gasteiger partial charge >= 0.3 is 6.61 Å². The van der Waals surface area contributed by atoms with Gasteiger partial charge < -0.3 is 10.1 Å². The molecule has 0 amide bonds. The summed E-state index contributed by atoms with van der Waals surface area (Å²) in [4.78, 5) is 0. The van der Waals surface area contributed by atoms with E-state index in [0.717, 1.165) is 10.2 Å². The Kier molecular flexibility index (Phi) is 5.12. The normalized spacial score (nSPS) is 11.8. The van der Waals surface area contributed by atoms with Gasteiger partial charge in [0, 0.05) is 10.2 Å². The molecule has 0 aliphatic rings. The average molecular weight is 353 g/mol. The molecule has 0 aliphatic carbocycles. The second kappa shape index (κ2) is 7.04. The maximum absolute atomic E-state index is 12.1. The maximum atomic E-state index is 12.1. The number of nitrogens with zero attached hydrogens (tertiary/aromatic N) is 1. The number of alkyl halides is 2. The van der Waals surface area contributed by atoms with E-state index in [0.29, 0.717) is 5.56 Å². The number of ether oxygens (including phenoxy) is 1. The fourth-order valence-corrected chi connectivity index (χ4v) is 2.18. The van der Waals surface area contributed by atoms with Crippen LogP contribution in [0.15, 0.2) is 53.0 Å². The van der Waals surface area contributed by atoms with Crippen LogP contribution >= 0.6 is 15.9 Å². The number of rotatable bonds is 5. The molecular formula is C15H11BrF2N2O. The summed E-state index contributed by atoms with van der Waals surface area (Å²) in [6.45, 7) is -2.86. The number of benzene rings is 2. The molecule has 1 N–H and O–H groups in total. The van der Waals surface area contributed by atoms with Crippen molar-refractivity contribution < 1.29 is 13.5 Å². The highest BCUT2D eigenvalue weighted by Crippen LogP contribution is 2.24. The van der Waals surface area contributed by atoms with Crippen LogP contribution in [0.5, 0.6) is 5.75 Å². The second-order valence-electron chi connectivity index (χ2n) is 4.16. The molecule has 0 saturated carbocycles. The van der Waals surface area contributed by atoms with Crippen molar-refractivity contribution in [2.75, 3.05) is 5.32 Å². The fraction of sp³-hybridized carbons (Fsp3) is 0.133. The highest BCUT2D eigenvalue weighted by Gasteiger charge is 2.11. The van der Waals surface area contributed by atoms with Gasteiger partial charge in [0.05, 0.1) is 6.07 Å². The van der Waals surface area contributed by atoms with Crippen molar-refractivity contribution in [1.82, 2.24) is 0 Å².